The van der Waals surface area contributed by atoms with E-state index in [4.69, 9.17) is 0 Å². The number of hydrogen-bond acceptors (Lipinski definition) is 0. The van der Waals surface area contributed by atoms with Crippen LogP contribution in [0, 0.1) is 0 Å². The van der Waals surface area contributed by atoms with Gasteiger partial charge < -0.3 is 9.13 Å². The fourth-order valence-electron chi connectivity index (χ4n) is 10.4. The lowest BCUT2D eigenvalue weighted by Gasteiger charge is -2.14. The van der Waals surface area contributed by atoms with Crippen LogP contribution in [0.5, 0.6) is 0 Å². The molecular weight excluding hydrogens is 821 g/mol. The van der Waals surface area contributed by atoms with Gasteiger partial charge in [0, 0.05) is 32.9 Å². The zero-order chi connectivity index (χ0) is 45.0. The monoisotopic (exact) mass is 864 g/mol. The second-order valence-electron chi connectivity index (χ2n) is 17.7. The van der Waals surface area contributed by atoms with Gasteiger partial charge in [-0.25, -0.2) is 0 Å². The summed E-state index contributed by atoms with van der Waals surface area (Å²) >= 11 is 0. The first-order valence-corrected chi connectivity index (χ1v) is 23.4. The van der Waals surface area contributed by atoms with E-state index < -0.39 is 0 Å². The van der Waals surface area contributed by atoms with E-state index in [-0.39, 0.29) is 0 Å². The van der Waals surface area contributed by atoms with Crippen LogP contribution in [0.15, 0.2) is 267 Å². The molecule has 318 valence electrons. The highest BCUT2D eigenvalue weighted by Crippen LogP contribution is 2.40. The number of aromatic nitrogens is 2. The van der Waals surface area contributed by atoms with E-state index in [1.54, 1.807) is 0 Å². The molecular formula is C66H44N2. The lowest BCUT2D eigenvalue weighted by molar-refractivity contribution is 1.18. The number of benzene rings is 11. The summed E-state index contributed by atoms with van der Waals surface area (Å²) < 4.78 is 4.81. The summed E-state index contributed by atoms with van der Waals surface area (Å²) in [5, 5.41) is 4.97. The summed E-state index contributed by atoms with van der Waals surface area (Å²) in [5.41, 5.74) is 21.6. The van der Waals surface area contributed by atoms with Gasteiger partial charge in [-0.2, -0.15) is 0 Å². The van der Waals surface area contributed by atoms with Crippen LogP contribution in [0.4, 0.5) is 0 Å². The molecule has 2 heteroatoms. The highest BCUT2D eigenvalue weighted by atomic mass is 15.0. The molecule has 0 atom stereocenters. The van der Waals surface area contributed by atoms with Crippen molar-refractivity contribution in [3.8, 4) is 78.1 Å². The number of rotatable bonds is 8. The number of para-hydroxylation sites is 2. The number of nitrogens with zero attached hydrogens (tertiary/aromatic N) is 2. The molecule has 0 aliphatic carbocycles. The van der Waals surface area contributed by atoms with Gasteiger partial charge in [0.25, 0.3) is 0 Å². The van der Waals surface area contributed by atoms with Crippen molar-refractivity contribution in [3.05, 3.63) is 267 Å². The maximum absolute atomic E-state index is 2.41. The molecule has 13 aromatic rings. The average Bonchev–Trinajstić information content (AvgIpc) is 3.94. The highest BCUT2D eigenvalue weighted by Gasteiger charge is 2.17. The van der Waals surface area contributed by atoms with Crippen molar-refractivity contribution < 1.29 is 0 Å². The van der Waals surface area contributed by atoms with Crippen LogP contribution in [0.3, 0.4) is 0 Å². The Balaban J connectivity index is 0.841. The van der Waals surface area contributed by atoms with E-state index >= 15 is 0 Å². The van der Waals surface area contributed by atoms with Gasteiger partial charge in [0.15, 0.2) is 0 Å². The Bertz CT molecular complexity index is 3990. The summed E-state index contributed by atoms with van der Waals surface area (Å²) in [7, 11) is 0. The Labute approximate surface area is 395 Å². The van der Waals surface area contributed by atoms with Gasteiger partial charge >= 0.3 is 0 Å². The van der Waals surface area contributed by atoms with Crippen LogP contribution in [0.25, 0.3) is 122 Å². The predicted octanol–water partition coefficient (Wildman–Crippen LogP) is 17.9. The third kappa shape index (κ3) is 6.82. The Kier molecular flexibility index (Phi) is 9.54. The van der Waals surface area contributed by atoms with Crippen LogP contribution in [0.1, 0.15) is 0 Å². The van der Waals surface area contributed by atoms with E-state index in [2.05, 4.69) is 276 Å². The third-order valence-electron chi connectivity index (χ3n) is 13.8. The molecule has 0 aliphatic rings. The van der Waals surface area contributed by atoms with Crippen LogP contribution in [0.2, 0.25) is 0 Å². The molecule has 11 aromatic carbocycles. The summed E-state index contributed by atoms with van der Waals surface area (Å²) in [6.07, 6.45) is 0. The van der Waals surface area contributed by atoms with Crippen LogP contribution in [-0.4, -0.2) is 9.13 Å². The van der Waals surface area contributed by atoms with Crippen molar-refractivity contribution in [2.24, 2.45) is 0 Å². The minimum atomic E-state index is 1.14. The van der Waals surface area contributed by atoms with Crippen LogP contribution < -0.4 is 0 Å². The lowest BCUT2D eigenvalue weighted by atomic mass is 9.92. The van der Waals surface area contributed by atoms with Gasteiger partial charge in [0.1, 0.15) is 0 Å². The molecule has 0 radical (unpaired) electrons. The minimum Gasteiger partial charge on any atom is -0.309 e. The molecule has 13 rings (SSSR count). The second kappa shape index (κ2) is 16.5. The quantitative estimate of drug-likeness (QED) is 0.144. The van der Waals surface area contributed by atoms with E-state index in [1.165, 1.54) is 110 Å². The summed E-state index contributed by atoms with van der Waals surface area (Å²) in [6.45, 7) is 0. The zero-order valence-corrected chi connectivity index (χ0v) is 37.3. The molecule has 2 nitrogen and oxygen atoms in total. The molecule has 2 heterocycles. The fraction of sp³-hybridized carbons (Fsp3) is 0. The number of fused-ring (bicyclic) bond motifs is 6. The van der Waals surface area contributed by atoms with Crippen molar-refractivity contribution in [1.82, 2.24) is 9.13 Å². The molecule has 68 heavy (non-hydrogen) atoms. The van der Waals surface area contributed by atoms with Gasteiger partial charge in [-0.3, -0.25) is 0 Å². The molecule has 0 spiro atoms. The zero-order valence-electron chi connectivity index (χ0n) is 37.3. The summed E-state index contributed by atoms with van der Waals surface area (Å²) in [5.74, 6) is 0. The topological polar surface area (TPSA) is 9.86 Å². The Morgan fingerprint density at radius 2 is 0.500 bits per heavy atom. The maximum atomic E-state index is 2.41. The summed E-state index contributed by atoms with van der Waals surface area (Å²) in [4.78, 5) is 0. The van der Waals surface area contributed by atoms with E-state index in [1.807, 2.05) is 0 Å². The first-order chi connectivity index (χ1) is 33.7. The Morgan fingerprint density at radius 3 is 1.03 bits per heavy atom. The largest absolute Gasteiger partial charge is 0.309 e. The van der Waals surface area contributed by atoms with Crippen molar-refractivity contribution in [3.63, 3.8) is 0 Å². The second-order valence-corrected chi connectivity index (χ2v) is 17.7. The van der Waals surface area contributed by atoms with E-state index in [0.717, 1.165) is 11.4 Å². The standard InChI is InChI=1S/C66H44N2/c1-3-15-45(16-4-1)47-29-35-55(36-30-47)67-63-27-11-9-25-59(63)61-43-52(33-39-65(61)67)53-34-40-66-62(44-53)60-26-10-12-28-64(60)68(66)56-37-31-48(32-38-56)57-23-7-8-24-58(57)54-22-14-21-51(42-54)50-20-13-19-49(41-50)46-17-5-2-6-18-46/h1-44H. The molecule has 0 bridgehead atoms. The van der Waals surface area contributed by atoms with Crippen molar-refractivity contribution in [1.29, 1.82) is 0 Å². The SMILES string of the molecule is c1ccc(-c2ccc(-n3c4ccccc4c4cc(-c5ccc6c(c5)c5ccccc5n6-c5ccc(-c6ccccc6-c6cccc(-c7cccc(-c8ccccc8)c7)c6)cc5)ccc43)cc2)cc1. The molecule has 0 saturated carbocycles. The fourth-order valence-corrected chi connectivity index (χ4v) is 10.4. The van der Waals surface area contributed by atoms with E-state index in [0.29, 0.717) is 0 Å². The van der Waals surface area contributed by atoms with Crippen molar-refractivity contribution >= 4 is 43.6 Å². The summed E-state index contributed by atoms with van der Waals surface area (Å²) in [6, 6.07) is 97.3. The average molecular weight is 865 g/mol. The first kappa shape index (κ1) is 39.4. The molecule has 0 fully saturated rings. The highest BCUT2D eigenvalue weighted by molar-refractivity contribution is 6.12. The van der Waals surface area contributed by atoms with Crippen molar-refractivity contribution in [2.75, 3.05) is 0 Å². The van der Waals surface area contributed by atoms with Crippen LogP contribution in [-0.2, 0) is 0 Å². The predicted molar refractivity (Wildman–Crippen MR) is 288 cm³/mol. The van der Waals surface area contributed by atoms with Gasteiger partial charge in [0.05, 0.1) is 22.1 Å². The maximum Gasteiger partial charge on any atom is 0.0541 e. The molecule has 0 amide bonds. The third-order valence-corrected chi connectivity index (χ3v) is 13.8. The minimum absolute atomic E-state index is 1.14. The number of hydrogen-bond donors (Lipinski definition) is 0. The molecule has 0 saturated heterocycles. The normalized spacial score (nSPS) is 11.5. The Hall–Kier alpha value is -8.98. The van der Waals surface area contributed by atoms with E-state index in [9.17, 15) is 0 Å². The smallest absolute Gasteiger partial charge is 0.0541 e. The molecule has 2 aromatic heterocycles. The van der Waals surface area contributed by atoms with Gasteiger partial charge in [-0.1, -0.05) is 194 Å². The van der Waals surface area contributed by atoms with Gasteiger partial charge in [-0.05, 0) is 140 Å². The molecule has 0 N–H and O–H groups in total. The van der Waals surface area contributed by atoms with Crippen LogP contribution >= 0.6 is 0 Å². The Morgan fingerprint density at radius 1 is 0.176 bits per heavy atom. The van der Waals surface area contributed by atoms with Gasteiger partial charge in [-0.15, -0.1) is 0 Å². The van der Waals surface area contributed by atoms with Crippen molar-refractivity contribution in [2.45, 2.75) is 0 Å². The lowest BCUT2D eigenvalue weighted by Crippen LogP contribution is -1.94. The molecule has 0 unspecified atom stereocenters. The first-order valence-electron chi connectivity index (χ1n) is 23.4. The molecule has 0 aliphatic heterocycles. The van der Waals surface area contributed by atoms with Gasteiger partial charge in [0.2, 0.25) is 0 Å².